The van der Waals surface area contributed by atoms with Gasteiger partial charge in [-0.05, 0) is 32.0 Å². The molecular weight excluding hydrogens is 272 g/mol. The van der Waals surface area contributed by atoms with Gasteiger partial charge in [0.15, 0.2) is 5.82 Å². The highest BCUT2D eigenvalue weighted by Crippen LogP contribution is 2.13. The second-order valence-electron chi connectivity index (χ2n) is 4.62. The Morgan fingerprint density at radius 1 is 1.33 bits per heavy atom. The number of anilines is 2. The van der Waals surface area contributed by atoms with Crippen LogP contribution in [-0.4, -0.2) is 23.0 Å². The number of aromatic nitrogens is 1. The van der Waals surface area contributed by atoms with Crippen molar-refractivity contribution < 1.29 is 14.1 Å². The Hall–Kier alpha value is -2.83. The molecule has 1 aromatic carbocycles. The molecule has 1 heterocycles. The molecule has 21 heavy (non-hydrogen) atoms. The molecule has 1 atom stereocenters. The molecule has 2 aromatic rings. The number of hydrogen-bond acceptors (Lipinski definition) is 5. The summed E-state index contributed by atoms with van der Waals surface area (Å²) in [7, 11) is 0. The van der Waals surface area contributed by atoms with Crippen LogP contribution in [0, 0.1) is 6.92 Å². The summed E-state index contributed by atoms with van der Waals surface area (Å²) in [5.41, 5.74) is 6.22. The van der Waals surface area contributed by atoms with Gasteiger partial charge >= 0.3 is 0 Å². The number of carbonyl (C=O) groups excluding carboxylic acids is 2. The van der Waals surface area contributed by atoms with Gasteiger partial charge in [0.25, 0.3) is 0 Å². The van der Waals surface area contributed by atoms with Crippen molar-refractivity contribution in [3.05, 3.63) is 41.7 Å². The Balaban J connectivity index is 2.00. The van der Waals surface area contributed by atoms with Crippen LogP contribution in [0.3, 0.4) is 0 Å². The second-order valence-corrected chi connectivity index (χ2v) is 4.62. The molecule has 0 saturated carbocycles. The number of primary amides is 1. The van der Waals surface area contributed by atoms with Crippen LogP contribution in [0.4, 0.5) is 11.5 Å². The van der Waals surface area contributed by atoms with E-state index in [4.69, 9.17) is 10.3 Å². The number of hydrogen-bond donors (Lipinski definition) is 3. The van der Waals surface area contributed by atoms with Crippen molar-refractivity contribution in [1.82, 2.24) is 5.16 Å². The smallest absolute Gasteiger partial charge is 0.248 e. The quantitative estimate of drug-likeness (QED) is 0.772. The van der Waals surface area contributed by atoms with E-state index < -0.39 is 11.9 Å². The lowest BCUT2D eigenvalue weighted by Crippen LogP contribution is -2.32. The lowest BCUT2D eigenvalue weighted by atomic mass is 10.2. The zero-order valence-electron chi connectivity index (χ0n) is 11.7. The van der Waals surface area contributed by atoms with Crippen LogP contribution in [0.15, 0.2) is 34.9 Å². The van der Waals surface area contributed by atoms with Crippen LogP contribution in [0.5, 0.6) is 0 Å². The van der Waals surface area contributed by atoms with Gasteiger partial charge in [-0.3, -0.25) is 9.59 Å². The number of amides is 2. The molecule has 4 N–H and O–H groups in total. The highest BCUT2D eigenvalue weighted by atomic mass is 16.5. The third-order valence-electron chi connectivity index (χ3n) is 2.80. The van der Waals surface area contributed by atoms with Crippen molar-refractivity contribution in [2.24, 2.45) is 5.73 Å². The van der Waals surface area contributed by atoms with Gasteiger partial charge in [0, 0.05) is 17.3 Å². The maximum absolute atomic E-state index is 12.0. The number of nitrogens with two attached hydrogens (primary N) is 1. The molecule has 0 aliphatic rings. The number of nitrogens with zero attached hydrogens (tertiary/aromatic N) is 1. The fraction of sp³-hybridized carbons (Fsp3) is 0.214. The summed E-state index contributed by atoms with van der Waals surface area (Å²) >= 11 is 0. The first-order chi connectivity index (χ1) is 9.95. The summed E-state index contributed by atoms with van der Waals surface area (Å²) in [6.07, 6.45) is 0. The normalized spacial score (nSPS) is 11.7. The maximum atomic E-state index is 12.0. The molecule has 7 heteroatoms. The first-order valence-corrected chi connectivity index (χ1v) is 6.36. The fourth-order valence-corrected chi connectivity index (χ4v) is 1.74. The third kappa shape index (κ3) is 3.82. The summed E-state index contributed by atoms with van der Waals surface area (Å²) in [4.78, 5) is 23.1. The number of nitrogens with one attached hydrogen (secondary N) is 2. The number of carbonyl (C=O) groups is 2. The van der Waals surface area contributed by atoms with Crippen molar-refractivity contribution in [3.8, 4) is 0 Å². The Labute approximate surface area is 121 Å². The van der Waals surface area contributed by atoms with Gasteiger partial charge in [-0.25, -0.2) is 0 Å². The zero-order chi connectivity index (χ0) is 15.4. The second kappa shape index (κ2) is 6.08. The predicted octanol–water partition coefficient (Wildman–Crippen LogP) is 1.52. The molecule has 110 valence electrons. The van der Waals surface area contributed by atoms with Crippen molar-refractivity contribution in [3.63, 3.8) is 0 Å². The van der Waals surface area contributed by atoms with Crippen molar-refractivity contribution in [2.45, 2.75) is 19.9 Å². The SMILES string of the molecule is Cc1cc(NC(=O)[C@@H](C)Nc2cccc(C(N)=O)c2)no1. The van der Waals surface area contributed by atoms with E-state index in [2.05, 4.69) is 15.8 Å². The molecular formula is C14H16N4O3. The molecule has 0 spiro atoms. The van der Waals surface area contributed by atoms with E-state index in [0.717, 1.165) is 0 Å². The Kier molecular flexibility index (Phi) is 4.22. The fourth-order valence-electron chi connectivity index (χ4n) is 1.74. The van der Waals surface area contributed by atoms with Crippen molar-refractivity contribution in [1.29, 1.82) is 0 Å². The Morgan fingerprint density at radius 2 is 2.10 bits per heavy atom. The average Bonchev–Trinajstić information content (AvgIpc) is 2.84. The van der Waals surface area contributed by atoms with Gasteiger partial charge < -0.3 is 20.9 Å². The van der Waals surface area contributed by atoms with E-state index in [1.165, 1.54) is 0 Å². The van der Waals surface area contributed by atoms with Gasteiger partial charge in [0.2, 0.25) is 11.8 Å². The molecule has 0 unspecified atom stereocenters. The topological polar surface area (TPSA) is 110 Å². The van der Waals surface area contributed by atoms with Crippen LogP contribution in [0.1, 0.15) is 23.0 Å². The highest BCUT2D eigenvalue weighted by molar-refractivity contribution is 5.96. The standard InChI is InChI=1S/C14H16N4O3/c1-8-6-12(18-21-8)17-14(20)9(2)16-11-5-3-4-10(7-11)13(15)19/h3-7,9,16H,1-2H3,(H2,15,19)(H,17,18,20)/t9-/m1/s1. The molecule has 0 fully saturated rings. The van der Waals surface area contributed by atoms with E-state index in [1.54, 1.807) is 44.2 Å². The van der Waals surface area contributed by atoms with Crippen LogP contribution in [0.25, 0.3) is 0 Å². The Bertz CT molecular complexity index is 666. The minimum atomic E-state index is -0.523. The lowest BCUT2D eigenvalue weighted by molar-refractivity contribution is -0.116. The van der Waals surface area contributed by atoms with Crippen molar-refractivity contribution in [2.75, 3.05) is 10.6 Å². The number of aryl methyl sites for hydroxylation is 1. The highest BCUT2D eigenvalue weighted by Gasteiger charge is 2.15. The van der Waals surface area contributed by atoms with Crippen molar-refractivity contribution >= 4 is 23.3 Å². The molecule has 2 amide bonds. The van der Waals surface area contributed by atoms with E-state index in [9.17, 15) is 9.59 Å². The molecule has 1 aromatic heterocycles. The molecule has 0 saturated heterocycles. The number of benzene rings is 1. The van der Waals surface area contributed by atoms with Gasteiger partial charge in [0.1, 0.15) is 11.8 Å². The van der Waals surface area contributed by atoms with E-state index in [0.29, 0.717) is 22.8 Å². The minimum Gasteiger partial charge on any atom is -0.374 e. The zero-order valence-corrected chi connectivity index (χ0v) is 11.7. The molecule has 7 nitrogen and oxygen atoms in total. The third-order valence-corrected chi connectivity index (χ3v) is 2.80. The molecule has 0 radical (unpaired) electrons. The lowest BCUT2D eigenvalue weighted by Gasteiger charge is -2.14. The summed E-state index contributed by atoms with van der Waals surface area (Å²) < 4.78 is 4.87. The summed E-state index contributed by atoms with van der Waals surface area (Å²) in [5.74, 6) is 0.179. The summed E-state index contributed by atoms with van der Waals surface area (Å²) in [5, 5.41) is 9.29. The van der Waals surface area contributed by atoms with Crippen LogP contribution >= 0.6 is 0 Å². The van der Waals surface area contributed by atoms with Gasteiger partial charge in [-0.15, -0.1) is 0 Å². The maximum Gasteiger partial charge on any atom is 0.248 e. The van der Waals surface area contributed by atoms with Gasteiger partial charge in [-0.1, -0.05) is 11.2 Å². The van der Waals surface area contributed by atoms with E-state index in [-0.39, 0.29) is 5.91 Å². The first-order valence-electron chi connectivity index (χ1n) is 6.36. The molecule has 0 bridgehead atoms. The van der Waals surface area contributed by atoms with Gasteiger partial charge in [-0.2, -0.15) is 0 Å². The predicted molar refractivity (Wildman–Crippen MR) is 77.9 cm³/mol. The van der Waals surface area contributed by atoms with Crippen LogP contribution < -0.4 is 16.4 Å². The minimum absolute atomic E-state index is 0.271. The first kappa shape index (κ1) is 14.6. The molecule has 0 aliphatic heterocycles. The van der Waals surface area contributed by atoms with Gasteiger partial charge in [0.05, 0.1) is 0 Å². The number of rotatable bonds is 5. The average molecular weight is 288 g/mol. The van der Waals surface area contributed by atoms with Crippen LogP contribution in [0.2, 0.25) is 0 Å². The van der Waals surface area contributed by atoms with E-state index >= 15 is 0 Å². The largest absolute Gasteiger partial charge is 0.374 e. The Morgan fingerprint density at radius 3 is 2.71 bits per heavy atom. The van der Waals surface area contributed by atoms with E-state index in [1.807, 2.05) is 0 Å². The molecule has 2 rings (SSSR count). The summed E-state index contributed by atoms with van der Waals surface area (Å²) in [6.45, 7) is 3.43. The monoisotopic (exact) mass is 288 g/mol. The molecule has 0 aliphatic carbocycles. The summed E-state index contributed by atoms with van der Waals surface area (Å²) in [6, 6.07) is 7.73. The van der Waals surface area contributed by atoms with Crippen LogP contribution in [-0.2, 0) is 4.79 Å².